The maximum Gasteiger partial charge on any atom is 0.255 e. The average molecular weight is 484 g/mol. The Kier molecular flexibility index (Phi) is 6.05. The predicted molar refractivity (Wildman–Crippen MR) is 146 cm³/mol. The van der Waals surface area contributed by atoms with Crippen molar-refractivity contribution in [3.8, 4) is 11.1 Å². The summed E-state index contributed by atoms with van der Waals surface area (Å²) in [6, 6.07) is 39.0. The zero-order valence-corrected chi connectivity index (χ0v) is 20.1. The summed E-state index contributed by atoms with van der Waals surface area (Å²) in [6.07, 6.45) is 2.11. The number of fused-ring (bicyclic) bond motifs is 1. The SMILES string of the molecule is O=C(Nc1ccccc1)C(c1cc(-c2ccccc2)cn1Cc1ccccc1)n1nnc2ccccc21. The lowest BCUT2D eigenvalue weighted by molar-refractivity contribution is -0.118. The molecule has 1 unspecified atom stereocenters. The molecule has 0 aliphatic carbocycles. The molecule has 37 heavy (non-hydrogen) atoms. The molecule has 0 saturated carbocycles. The molecule has 4 aromatic carbocycles. The predicted octanol–water partition coefficient (Wildman–Crippen LogP) is 6.18. The first kappa shape index (κ1) is 22.5. The molecule has 2 heterocycles. The van der Waals surface area contributed by atoms with Crippen LogP contribution in [0.4, 0.5) is 5.69 Å². The fraction of sp³-hybridized carbons (Fsp3) is 0.0645. The van der Waals surface area contributed by atoms with Crippen LogP contribution >= 0.6 is 0 Å². The molecule has 6 heteroatoms. The molecule has 0 fully saturated rings. The topological polar surface area (TPSA) is 64.7 Å². The Hall–Kier alpha value is -4.97. The number of carbonyl (C=O) groups excluding carboxylic acids is 1. The summed E-state index contributed by atoms with van der Waals surface area (Å²) in [4.78, 5) is 14.0. The Morgan fingerprint density at radius 2 is 1.41 bits per heavy atom. The van der Waals surface area contributed by atoms with Crippen molar-refractivity contribution in [3.63, 3.8) is 0 Å². The molecule has 1 amide bonds. The van der Waals surface area contributed by atoms with Crippen LogP contribution < -0.4 is 5.32 Å². The van der Waals surface area contributed by atoms with Crippen LogP contribution in [0, 0.1) is 0 Å². The average Bonchev–Trinajstić information content (AvgIpc) is 3.56. The lowest BCUT2D eigenvalue weighted by Gasteiger charge is -2.20. The molecule has 6 nitrogen and oxygen atoms in total. The summed E-state index contributed by atoms with van der Waals surface area (Å²) < 4.78 is 3.86. The second-order valence-electron chi connectivity index (χ2n) is 8.91. The van der Waals surface area contributed by atoms with Gasteiger partial charge in [0.1, 0.15) is 5.52 Å². The maximum atomic E-state index is 14.0. The van der Waals surface area contributed by atoms with Gasteiger partial charge in [-0.1, -0.05) is 96.2 Å². The van der Waals surface area contributed by atoms with Crippen molar-refractivity contribution in [1.29, 1.82) is 0 Å². The number of anilines is 1. The van der Waals surface area contributed by atoms with Crippen molar-refractivity contribution < 1.29 is 4.79 Å². The summed E-state index contributed by atoms with van der Waals surface area (Å²) in [5.41, 5.74) is 6.35. The molecule has 0 bridgehead atoms. The van der Waals surface area contributed by atoms with Crippen LogP contribution in [0.25, 0.3) is 22.2 Å². The first-order valence-corrected chi connectivity index (χ1v) is 12.2. The van der Waals surface area contributed by atoms with E-state index in [0.717, 1.165) is 39.1 Å². The fourth-order valence-corrected chi connectivity index (χ4v) is 4.64. The van der Waals surface area contributed by atoms with Gasteiger partial charge in [0.2, 0.25) is 0 Å². The van der Waals surface area contributed by atoms with Gasteiger partial charge in [-0.25, -0.2) is 4.68 Å². The van der Waals surface area contributed by atoms with Gasteiger partial charge in [-0.05, 0) is 47.0 Å². The normalized spacial score (nSPS) is 11.9. The molecule has 180 valence electrons. The minimum atomic E-state index is -0.742. The second-order valence-corrected chi connectivity index (χ2v) is 8.91. The van der Waals surface area contributed by atoms with Crippen LogP contribution in [0.1, 0.15) is 17.3 Å². The number of rotatable bonds is 7. The van der Waals surface area contributed by atoms with Crippen LogP contribution in [0.15, 0.2) is 128 Å². The standard InChI is InChI=1S/C31H25N5O/c37-31(32-26-16-8-3-9-17-26)30(36-28-19-11-10-18-27(28)33-34-36)29-20-25(24-14-6-2-7-15-24)22-35(29)21-23-12-4-1-5-13-23/h1-20,22,30H,21H2,(H,32,37). The Morgan fingerprint density at radius 1 is 0.757 bits per heavy atom. The van der Waals surface area contributed by atoms with Crippen LogP contribution in [-0.2, 0) is 11.3 Å². The van der Waals surface area contributed by atoms with E-state index in [4.69, 9.17) is 0 Å². The van der Waals surface area contributed by atoms with Gasteiger partial charge in [0, 0.05) is 18.4 Å². The fourth-order valence-electron chi connectivity index (χ4n) is 4.64. The van der Waals surface area contributed by atoms with E-state index in [9.17, 15) is 4.79 Å². The zero-order chi connectivity index (χ0) is 25.0. The van der Waals surface area contributed by atoms with Crippen LogP contribution in [0.2, 0.25) is 0 Å². The summed E-state index contributed by atoms with van der Waals surface area (Å²) in [6.45, 7) is 0.616. The Bertz CT molecular complexity index is 1640. The van der Waals surface area contributed by atoms with Gasteiger partial charge in [0.15, 0.2) is 6.04 Å². The third-order valence-corrected chi connectivity index (χ3v) is 6.42. The minimum absolute atomic E-state index is 0.186. The number of carbonyl (C=O) groups is 1. The van der Waals surface area contributed by atoms with Crippen molar-refractivity contribution in [2.75, 3.05) is 5.32 Å². The first-order valence-electron chi connectivity index (χ1n) is 12.2. The van der Waals surface area contributed by atoms with E-state index in [-0.39, 0.29) is 5.91 Å². The number of hydrogen-bond acceptors (Lipinski definition) is 3. The number of nitrogens with zero attached hydrogens (tertiary/aromatic N) is 4. The number of amides is 1. The number of para-hydroxylation sites is 2. The molecule has 6 aromatic rings. The van der Waals surface area contributed by atoms with Crippen LogP contribution in [0.3, 0.4) is 0 Å². The van der Waals surface area contributed by atoms with E-state index in [0.29, 0.717) is 6.54 Å². The van der Waals surface area contributed by atoms with Crippen LogP contribution in [-0.4, -0.2) is 25.5 Å². The Morgan fingerprint density at radius 3 is 2.16 bits per heavy atom. The smallest absolute Gasteiger partial charge is 0.255 e. The monoisotopic (exact) mass is 483 g/mol. The van der Waals surface area contributed by atoms with Crippen molar-refractivity contribution in [3.05, 3.63) is 139 Å². The summed E-state index contributed by atoms with van der Waals surface area (Å²) in [5.74, 6) is -0.186. The third kappa shape index (κ3) is 4.65. The molecule has 6 rings (SSSR count). The lowest BCUT2D eigenvalue weighted by Crippen LogP contribution is -2.30. The molecule has 0 aliphatic heterocycles. The minimum Gasteiger partial charge on any atom is -0.344 e. The highest BCUT2D eigenvalue weighted by molar-refractivity contribution is 5.96. The van der Waals surface area contributed by atoms with E-state index < -0.39 is 6.04 Å². The number of hydrogen-bond donors (Lipinski definition) is 1. The third-order valence-electron chi connectivity index (χ3n) is 6.42. The van der Waals surface area contributed by atoms with Crippen molar-refractivity contribution in [1.82, 2.24) is 19.6 Å². The Labute approximate surface area is 214 Å². The van der Waals surface area contributed by atoms with Gasteiger partial charge in [0.05, 0.1) is 11.2 Å². The summed E-state index contributed by atoms with van der Waals surface area (Å²) in [5, 5.41) is 11.9. The number of aromatic nitrogens is 4. The molecule has 0 aliphatic rings. The van der Waals surface area contributed by atoms with E-state index >= 15 is 0 Å². The van der Waals surface area contributed by atoms with E-state index in [1.54, 1.807) is 4.68 Å². The lowest BCUT2D eigenvalue weighted by atomic mass is 10.1. The molecule has 1 N–H and O–H groups in total. The number of nitrogens with one attached hydrogen (secondary N) is 1. The maximum absolute atomic E-state index is 14.0. The zero-order valence-electron chi connectivity index (χ0n) is 20.1. The second kappa shape index (κ2) is 9.95. The van der Waals surface area contributed by atoms with E-state index in [2.05, 4.69) is 56.7 Å². The Balaban J connectivity index is 1.52. The van der Waals surface area contributed by atoms with Crippen molar-refractivity contribution in [2.24, 2.45) is 0 Å². The molecule has 1 atom stereocenters. The molecule has 0 spiro atoms. The molecular formula is C31H25N5O. The molecule has 0 saturated heterocycles. The van der Waals surface area contributed by atoms with Gasteiger partial charge in [-0.3, -0.25) is 4.79 Å². The van der Waals surface area contributed by atoms with Gasteiger partial charge in [-0.15, -0.1) is 5.10 Å². The van der Waals surface area contributed by atoms with Crippen molar-refractivity contribution >= 4 is 22.6 Å². The highest BCUT2D eigenvalue weighted by Gasteiger charge is 2.29. The number of benzene rings is 4. The van der Waals surface area contributed by atoms with Gasteiger partial charge in [0.25, 0.3) is 5.91 Å². The van der Waals surface area contributed by atoms with E-state index in [1.807, 2.05) is 91.0 Å². The highest BCUT2D eigenvalue weighted by atomic mass is 16.2. The van der Waals surface area contributed by atoms with Gasteiger partial charge in [-0.2, -0.15) is 0 Å². The van der Waals surface area contributed by atoms with Crippen LogP contribution in [0.5, 0.6) is 0 Å². The largest absolute Gasteiger partial charge is 0.344 e. The summed E-state index contributed by atoms with van der Waals surface area (Å²) in [7, 11) is 0. The highest BCUT2D eigenvalue weighted by Crippen LogP contribution is 2.31. The van der Waals surface area contributed by atoms with Gasteiger partial charge < -0.3 is 9.88 Å². The molecule has 0 radical (unpaired) electrons. The molecule has 2 aromatic heterocycles. The first-order chi connectivity index (χ1) is 18.3. The van der Waals surface area contributed by atoms with Gasteiger partial charge >= 0.3 is 0 Å². The van der Waals surface area contributed by atoms with Crippen molar-refractivity contribution in [2.45, 2.75) is 12.6 Å². The molecular weight excluding hydrogens is 458 g/mol. The quantitative estimate of drug-likeness (QED) is 0.295. The van der Waals surface area contributed by atoms with E-state index in [1.165, 1.54) is 0 Å². The summed E-state index contributed by atoms with van der Waals surface area (Å²) >= 11 is 0.